The van der Waals surface area contributed by atoms with E-state index in [0.29, 0.717) is 6.54 Å². The number of aromatic nitrogens is 1. The molecule has 1 aromatic carbocycles. The van der Waals surface area contributed by atoms with Crippen molar-refractivity contribution in [3.8, 4) is 0 Å². The molecular formula is C28H40N4O2. The fourth-order valence-corrected chi connectivity index (χ4v) is 6.27. The Morgan fingerprint density at radius 3 is 2.06 bits per heavy atom. The molecule has 5 rings (SSSR count). The number of hydrogen-bond donors (Lipinski definition) is 1. The minimum Gasteiger partial charge on any atom is -0.368 e. The van der Waals surface area contributed by atoms with Crippen molar-refractivity contribution in [1.29, 1.82) is 0 Å². The van der Waals surface area contributed by atoms with Crippen LogP contribution in [0.1, 0.15) is 64.2 Å². The predicted molar refractivity (Wildman–Crippen MR) is 137 cm³/mol. The van der Waals surface area contributed by atoms with Crippen LogP contribution < -0.4 is 4.90 Å². The maximum absolute atomic E-state index is 13.5. The molecule has 1 saturated heterocycles. The van der Waals surface area contributed by atoms with E-state index in [1.165, 1.54) is 29.4 Å². The van der Waals surface area contributed by atoms with Crippen LogP contribution in [-0.4, -0.2) is 65.9 Å². The second-order valence-electron chi connectivity index (χ2n) is 10.5. The van der Waals surface area contributed by atoms with Crippen LogP contribution in [0.5, 0.6) is 0 Å². The van der Waals surface area contributed by atoms with Gasteiger partial charge >= 0.3 is 0 Å². The fourth-order valence-electron chi connectivity index (χ4n) is 6.27. The number of fused-ring (bicyclic) bond motifs is 1. The smallest absolute Gasteiger partial charge is 0.232 e. The third-order valence-electron chi connectivity index (χ3n) is 8.37. The Hall–Kier alpha value is -2.34. The van der Waals surface area contributed by atoms with Crippen LogP contribution >= 0.6 is 0 Å². The Bertz CT molecular complexity index is 936. The summed E-state index contributed by atoms with van der Waals surface area (Å²) in [5, 5.41) is 1.28. The topological polar surface area (TPSA) is 59.7 Å². The minimum atomic E-state index is 0.0555. The van der Waals surface area contributed by atoms with Crippen LogP contribution in [0.25, 0.3) is 10.9 Å². The average molecular weight is 465 g/mol. The number of imide groups is 1. The van der Waals surface area contributed by atoms with Gasteiger partial charge in [-0.3, -0.25) is 19.4 Å². The van der Waals surface area contributed by atoms with E-state index < -0.39 is 0 Å². The Balaban J connectivity index is 1.20. The van der Waals surface area contributed by atoms with E-state index in [9.17, 15) is 9.59 Å². The van der Waals surface area contributed by atoms with Crippen molar-refractivity contribution in [2.45, 2.75) is 64.2 Å². The first-order valence-electron chi connectivity index (χ1n) is 13.6. The van der Waals surface area contributed by atoms with Crippen molar-refractivity contribution in [2.24, 2.45) is 11.8 Å². The number of piperazine rings is 1. The van der Waals surface area contributed by atoms with Gasteiger partial charge < -0.3 is 9.88 Å². The van der Waals surface area contributed by atoms with Gasteiger partial charge in [-0.2, -0.15) is 0 Å². The summed E-state index contributed by atoms with van der Waals surface area (Å²) in [6, 6.07) is 8.60. The molecule has 2 amide bonds. The van der Waals surface area contributed by atoms with Gasteiger partial charge in [0.2, 0.25) is 11.8 Å². The summed E-state index contributed by atoms with van der Waals surface area (Å²) in [7, 11) is 0. The number of benzene rings is 1. The summed E-state index contributed by atoms with van der Waals surface area (Å²) in [6.07, 6.45) is 12.8. The van der Waals surface area contributed by atoms with Gasteiger partial charge in [-0.1, -0.05) is 44.6 Å². The SMILES string of the molecule is O=C(C1CCCCC1)N(CCN1CCN(c2cccc3[nH]ccc23)CC1)C(=O)C1CCCCC1. The average Bonchev–Trinajstić information content (AvgIpc) is 3.39. The first kappa shape index (κ1) is 23.4. The van der Waals surface area contributed by atoms with Crippen LogP contribution in [0.2, 0.25) is 0 Å². The van der Waals surface area contributed by atoms with Crippen LogP contribution in [0, 0.1) is 11.8 Å². The number of carbonyl (C=O) groups excluding carboxylic acids is 2. The number of nitrogens with one attached hydrogen (secondary N) is 1. The molecule has 0 spiro atoms. The van der Waals surface area contributed by atoms with Crippen molar-refractivity contribution in [1.82, 2.24) is 14.8 Å². The molecule has 0 atom stereocenters. The number of hydrogen-bond acceptors (Lipinski definition) is 4. The number of H-pyrrole nitrogens is 1. The first-order valence-corrected chi connectivity index (χ1v) is 13.6. The molecule has 0 unspecified atom stereocenters. The predicted octanol–water partition coefficient (Wildman–Crippen LogP) is 4.81. The van der Waals surface area contributed by atoms with Crippen molar-refractivity contribution in [3.63, 3.8) is 0 Å². The second kappa shape index (κ2) is 10.9. The third-order valence-corrected chi connectivity index (χ3v) is 8.37. The van der Waals surface area contributed by atoms with Crippen LogP contribution in [0.4, 0.5) is 5.69 Å². The molecule has 0 radical (unpaired) electrons. The van der Waals surface area contributed by atoms with Crippen molar-refractivity contribution in [2.75, 3.05) is 44.2 Å². The number of amides is 2. The number of rotatable bonds is 6. The summed E-state index contributed by atoms with van der Waals surface area (Å²) in [5.74, 6) is 0.348. The zero-order valence-electron chi connectivity index (χ0n) is 20.5. The lowest BCUT2D eigenvalue weighted by atomic mass is 9.86. The highest BCUT2D eigenvalue weighted by atomic mass is 16.2. The van der Waals surface area contributed by atoms with Gasteiger partial charge in [-0.05, 0) is 43.9 Å². The van der Waals surface area contributed by atoms with Crippen molar-refractivity contribution < 1.29 is 9.59 Å². The Morgan fingerprint density at radius 1 is 0.824 bits per heavy atom. The van der Waals surface area contributed by atoms with Crippen LogP contribution in [0.15, 0.2) is 30.5 Å². The monoisotopic (exact) mass is 464 g/mol. The number of anilines is 1. The zero-order valence-corrected chi connectivity index (χ0v) is 20.5. The van der Waals surface area contributed by atoms with Gasteiger partial charge in [0.1, 0.15) is 0 Å². The number of aromatic amines is 1. The maximum Gasteiger partial charge on any atom is 0.232 e. The fraction of sp³-hybridized carbons (Fsp3) is 0.643. The summed E-state index contributed by atoms with van der Waals surface area (Å²) < 4.78 is 0. The van der Waals surface area contributed by atoms with Gasteiger partial charge in [-0.15, -0.1) is 0 Å². The minimum absolute atomic E-state index is 0.0555. The number of nitrogens with zero attached hydrogens (tertiary/aromatic N) is 3. The molecule has 1 aromatic heterocycles. The summed E-state index contributed by atoms with van der Waals surface area (Å²) >= 11 is 0. The molecule has 2 aliphatic carbocycles. The van der Waals surface area contributed by atoms with Gasteiger partial charge in [-0.25, -0.2) is 0 Å². The molecule has 6 heteroatoms. The lowest BCUT2D eigenvalue weighted by Gasteiger charge is -2.38. The van der Waals surface area contributed by atoms with Crippen LogP contribution in [0.3, 0.4) is 0 Å². The van der Waals surface area contributed by atoms with Crippen LogP contribution in [-0.2, 0) is 9.59 Å². The molecule has 3 aliphatic rings. The van der Waals surface area contributed by atoms with Gasteiger partial charge in [0, 0.05) is 73.9 Å². The largest absolute Gasteiger partial charge is 0.368 e. The molecule has 184 valence electrons. The molecule has 2 saturated carbocycles. The van der Waals surface area contributed by atoms with E-state index in [-0.39, 0.29) is 23.7 Å². The van der Waals surface area contributed by atoms with E-state index >= 15 is 0 Å². The van der Waals surface area contributed by atoms with Gasteiger partial charge in [0.25, 0.3) is 0 Å². The normalized spacial score (nSPS) is 21.1. The lowest BCUT2D eigenvalue weighted by molar-refractivity contribution is -0.151. The molecule has 2 heterocycles. The first-order chi connectivity index (χ1) is 16.7. The zero-order chi connectivity index (χ0) is 23.3. The quantitative estimate of drug-likeness (QED) is 0.624. The molecule has 34 heavy (non-hydrogen) atoms. The molecule has 3 fully saturated rings. The van der Waals surface area contributed by atoms with Crippen molar-refractivity contribution >= 4 is 28.4 Å². The molecule has 6 nitrogen and oxygen atoms in total. The molecular weight excluding hydrogens is 424 g/mol. The molecule has 1 N–H and O–H groups in total. The summed E-state index contributed by atoms with van der Waals surface area (Å²) in [4.78, 5) is 36.8. The van der Waals surface area contributed by atoms with E-state index in [1.54, 1.807) is 4.90 Å². The second-order valence-corrected chi connectivity index (χ2v) is 10.5. The third kappa shape index (κ3) is 5.17. The maximum atomic E-state index is 13.5. The molecule has 2 aromatic rings. The van der Waals surface area contributed by atoms with E-state index in [4.69, 9.17) is 0 Å². The van der Waals surface area contributed by atoms with Gasteiger partial charge in [0.05, 0.1) is 0 Å². The highest BCUT2D eigenvalue weighted by molar-refractivity contribution is 5.97. The van der Waals surface area contributed by atoms with E-state index in [1.807, 2.05) is 6.20 Å². The highest BCUT2D eigenvalue weighted by Crippen LogP contribution is 2.30. The van der Waals surface area contributed by atoms with E-state index in [2.05, 4.69) is 39.0 Å². The van der Waals surface area contributed by atoms with E-state index in [0.717, 1.165) is 84.1 Å². The summed E-state index contributed by atoms with van der Waals surface area (Å²) in [6.45, 7) is 5.21. The molecule has 0 bridgehead atoms. The Morgan fingerprint density at radius 2 is 1.44 bits per heavy atom. The lowest BCUT2D eigenvalue weighted by Crippen LogP contribution is -2.51. The van der Waals surface area contributed by atoms with Gasteiger partial charge in [0.15, 0.2) is 0 Å². The van der Waals surface area contributed by atoms with Crippen molar-refractivity contribution in [3.05, 3.63) is 30.5 Å². The summed E-state index contributed by atoms with van der Waals surface area (Å²) in [5.41, 5.74) is 2.47. The Kier molecular flexibility index (Phi) is 7.53. The number of carbonyl (C=O) groups is 2. The standard InChI is InChI=1S/C28H40N4O2/c33-27(22-8-3-1-4-9-22)32(28(34)23-10-5-2-6-11-23)21-18-30-16-19-31(20-17-30)26-13-7-12-25-24(26)14-15-29-25/h7,12-15,22-23,29H,1-6,8-11,16-21H2. The molecule has 1 aliphatic heterocycles. The highest BCUT2D eigenvalue weighted by Gasteiger charge is 2.34. The Labute approximate surface area is 203 Å².